The summed E-state index contributed by atoms with van der Waals surface area (Å²) >= 11 is 6.22. The standard InChI is InChI=1S/C18H23ClN2O2/c1-10-7-11(2)16(15(19)8-10)21-18(23)14-9-13(14)17(22)20-12-5-3-4-6-12/h7-8,12-14H,3-6,9H2,1-2H3,(H,20,22)(H,21,23). The molecule has 23 heavy (non-hydrogen) atoms. The third-order valence-corrected chi connectivity index (χ3v) is 5.14. The molecule has 2 unspecified atom stereocenters. The molecule has 5 heteroatoms. The van der Waals surface area contributed by atoms with Gasteiger partial charge in [0, 0.05) is 6.04 Å². The first-order chi connectivity index (χ1) is 11.0. The van der Waals surface area contributed by atoms with Gasteiger partial charge in [0.1, 0.15) is 0 Å². The summed E-state index contributed by atoms with van der Waals surface area (Å²) in [7, 11) is 0. The zero-order valence-corrected chi connectivity index (χ0v) is 14.4. The van der Waals surface area contributed by atoms with Gasteiger partial charge in [-0.05, 0) is 50.3 Å². The molecule has 2 amide bonds. The Labute approximate surface area is 142 Å². The van der Waals surface area contributed by atoms with Crippen molar-refractivity contribution in [3.05, 3.63) is 28.3 Å². The lowest BCUT2D eigenvalue weighted by atomic mass is 10.1. The first-order valence-corrected chi connectivity index (χ1v) is 8.71. The number of nitrogens with one attached hydrogen (secondary N) is 2. The van der Waals surface area contributed by atoms with E-state index in [-0.39, 0.29) is 23.7 Å². The lowest BCUT2D eigenvalue weighted by Crippen LogP contribution is -2.34. The summed E-state index contributed by atoms with van der Waals surface area (Å²) in [5, 5.41) is 6.51. The van der Waals surface area contributed by atoms with E-state index in [9.17, 15) is 9.59 Å². The van der Waals surface area contributed by atoms with Crippen LogP contribution in [0.4, 0.5) is 5.69 Å². The molecule has 2 aliphatic rings. The van der Waals surface area contributed by atoms with Crippen LogP contribution in [0, 0.1) is 25.7 Å². The van der Waals surface area contributed by atoms with E-state index < -0.39 is 0 Å². The van der Waals surface area contributed by atoms with Gasteiger partial charge in [-0.2, -0.15) is 0 Å². The molecule has 0 aromatic heterocycles. The number of aryl methyl sites for hydroxylation is 2. The van der Waals surface area contributed by atoms with Crippen LogP contribution in [0.5, 0.6) is 0 Å². The van der Waals surface area contributed by atoms with Gasteiger partial charge in [0.25, 0.3) is 0 Å². The predicted molar refractivity (Wildman–Crippen MR) is 91.6 cm³/mol. The Hall–Kier alpha value is -1.55. The van der Waals surface area contributed by atoms with E-state index in [0.29, 0.717) is 23.2 Å². The highest BCUT2D eigenvalue weighted by molar-refractivity contribution is 6.34. The summed E-state index contributed by atoms with van der Waals surface area (Å²) in [4.78, 5) is 24.6. The largest absolute Gasteiger partial charge is 0.353 e. The van der Waals surface area contributed by atoms with Crippen LogP contribution in [0.15, 0.2) is 12.1 Å². The van der Waals surface area contributed by atoms with E-state index in [1.807, 2.05) is 26.0 Å². The first kappa shape index (κ1) is 16.3. The molecule has 2 fully saturated rings. The number of amides is 2. The monoisotopic (exact) mass is 334 g/mol. The number of carbonyl (C=O) groups excluding carboxylic acids is 2. The Balaban J connectivity index is 1.57. The maximum atomic E-state index is 12.4. The molecule has 1 aromatic rings. The summed E-state index contributed by atoms with van der Waals surface area (Å²) < 4.78 is 0. The molecule has 2 N–H and O–H groups in total. The molecule has 0 aliphatic heterocycles. The van der Waals surface area contributed by atoms with Crippen LogP contribution in [-0.2, 0) is 9.59 Å². The van der Waals surface area contributed by atoms with Crippen molar-refractivity contribution in [3.63, 3.8) is 0 Å². The van der Waals surface area contributed by atoms with Crippen molar-refractivity contribution in [3.8, 4) is 0 Å². The zero-order chi connectivity index (χ0) is 16.6. The van der Waals surface area contributed by atoms with Gasteiger partial charge in [-0.25, -0.2) is 0 Å². The van der Waals surface area contributed by atoms with Crippen LogP contribution >= 0.6 is 11.6 Å². The fourth-order valence-electron chi connectivity index (χ4n) is 3.44. The SMILES string of the molecule is Cc1cc(C)c(NC(=O)C2CC2C(=O)NC2CCCC2)c(Cl)c1. The molecule has 0 saturated heterocycles. The summed E-state index contributed by atoms with van der Waals surface area (Å²) in [5.41, 5.74) is 2.66. The topological polar surface area (TPSA) is 58.2 Å². The van der Waals surface area contributed by atoms with Gasteiger partial charge >= 0.3 is 0 Å². The van der Waals surface area contributed by atoms with Crippen LogP contribution in [0.3, 0.4) is 0 Å². The molecule has 4 nitrogen and oxygen atoms in total. The average molecular weight is 335 g/mol. The lowest BCUT2D eigenvalue weighted by molar-refractivity contribution is -0.125. The Morgan fingerprint density at radius 2 is 1.74 bits per heavy atom. The second kappa shape index (κ2) is 6.52. The molecule has 1 aromatic carbocycles. The number of rotatable bonds is 4. The number of hydrogen-bond acceptors (Lipinski definition) is 2. The minimum Gasteiger partial charge on any atom is -0.353 e. The van der Waals surface area contributed by atoms with E-state index in [4.69, 9.17) is 11.6 Å². The molecule has 0 bridgehead atoms. The van der Waals surface area contributed by atoms with Crippen molar-refractivity contribution in [2.75, 3.05) is 5.32 Å². The molecule has 124 valence electrons. The van der Waals surface area contributed by atoms with E-state index in [1.165, 1.54) is 12.8 Å². The lowest BCUT2D eigenvalue weighted by Gasteiger charge is -2.13. The Morgan fingerprint density at radius 3 is 2.39 bits per heavy atom. The van der Waals surface area contributed by atoms with E-state index >= 15 is 0 Å². The van der Waals surface area contributed by atoms with Gasteiger partial charge < -0.3 is 10.6 Å². The molecular weight excluding hydrogens is 312 g/mol. The molecule has 2 saturated carbocycles. The van der Waals surface area contributed by atoms with Crippen molar-refractivity contribution in [1.82, 2.24) is 5.32 Å². The fraction of sp³-hybridized carbons (Fsp3) is 0.556. The Kier molecular flexibility index (Phi) is 4.62. The van der Waals surface area contributed by atoms with Gasteiger partial charge in [-0.1, -0.05) is 30.5 Å². The van der Waals surface area contributed by atoms with Crippen molar-refractivity contribution in [2.45, 2.75) is 52.0 Å². The van der Waals surface area contributed by atoms with Crippen LogP contribution in [0.2, 0.25) is 5.02 Å². The fourth-order valence-corrected chi connectivity index (χ4v) is 3.81. The normalized spacial score (nSPS) is 23.6. The highest BCUT2D eigenvalue weighted by atomic mass is 35.5. The van der Waals surface area contributed by atoms with Crippen molar-refractivity contribution in [1.29, 1.82) is 0 Å². The van der Waals surface area contributed by atoms with Crippen LogP contribution in [0.1, 0.15) is 43.2 Å². The molecule has 2 atom stereocenters. The van der Waals surface area contributed by atoms with E-state index in [2.05, 4.69) is 10.6 Å². The van der Waals surface area contributed by atoms with Crippen LogP contribution < -0.4 is 10.6 Å². The second-order valence-electron chi connectivity index (χ2n) is 6.87. The minimum atomic E-state index is -0.229. The minimum absolute atomic E-state index is 0.0313. The summed E-state index contributed by atoms with van der Waals surface area (Å²) in [5.74, 6) is -0.484. The van der Waals surface area contributed by atoms with Crippen molar-refractivity contribution in [2.24, 2.45) is 11.8 Å². The van der Waals surface area contributed by atoms with E-state index in [0.717, 1.165) is 24.0 Å². The van der Waals surface area contributed by atoms with Gasteiger partial charge in [0.05, 0.1) is 22.5 Å². The third kappa shape index (κ3) is 3.69. The molecule has 3 rings (SSSR count). The maximum absolute atomic E-state index is 12.4. The zero-order valence-electron chi connectivity index (χ0n) is 13.6. The van der Waals surface area contributed by atoms with Gasteiger partial charge in [0.2, 0.25) is 11.8 Å². The van der Waals surface area contributed by atoms with Gasteiger partial charge in [-0.3, -0.25) is 9.59 Å². The smallest absolute Gasteiger partial charge is 0.228 e. The second-order valence-corrected chi connectivity index (χ2v) is 7.27. The number of halogens is 1. The summed E-state index contributed by atoms with van der Waals surface area (Å²) in [6.45, 7) is 3.89. The molecule has 0 radical (unpaired) electrons. The molecule has 0 spiro atoms. The van der Waals surface area contributed by atoms with Gasteiger partial charge in [0.15, 0.2) is 0 Å². The number of benzene rings is 1. The summed E-state index contributed by atoms with van der Waals surface area (Å²) in [6.07, 6.45) is 5.13. The highest BCUT2D eigenvalue weighted by Gasteiger charge is 2.48. The Bertz CT molecular complexity index is 615. The third-order valence-electron chi connectivity index (χ3n) is 4.85. The first-order valence-electron chi connectivity index (χ1n) is 8.33. The summed E-state index contributed by atoms with van der Waals surface area (Å²) in [6, 6.07) is 4.13. The number of hydrogen-bond donors (Lipinski definition) is 2. The van der Waals surface area contributed by atoms with E-state index in [1.54, 1.807) is 0 Å². The van der Waals surface area contributed by atoms with Gasteiger partial charge in [-0.15, -0.1) is 0 Å². The van der Waals surface area contributed by atoms with Crippen molar-refractivity contribution < 1.29 is 9.59 Å². The average Bonchev–Trinajstić information content (AvgIpc) is 3.13. The quantitative estimate of drug-likeness (QED) is 0.884. The Morgan fingerprint density at radius 1 is 1.09 bits per heavy atom. The van der Waals surface area contributed by atoms with Crippen molar-refractivity contribution >= 4 is 29.1 Å². The van der Waals surface area contributed by atoms with Crippen LogP contribution in [0.25, 0.3) is 0 Å². The molecule has 2 aliphatic carbocycles. The van der Waals surface area contributed by atoms with Crippen LogP contribution in [-0.4, -0.2) is 17.9 Å². The molecular formula is C18H23ClN2O2. The number of anilines is 1. The number of carbonyl (C=O) groups is 2. The molecule has 0 heterocycles. The predicted octanol–water partition coefficient (Wildman–Crippen LogP) is 3.59. The highest BCUT2D eigenvalue weighted by Crippen LogP contribution is 2.40. The maximum Gasteiger partial charge on any atom is 0.228 e.